The number of carbonyl (C=O) groups excluding carboxylic acids is 1. The molecule has 0 saturated carbocycles. The van der Waals surface area contributed by atoms with Gasteiger partial charge in [-0.25, -0.2) is 14.8 Å². The molecule has 0 aliphatic heterocycles. The summed E-state index contributed by atoms with van der Waals surface area (Å²) in [4.78, 5) is 21.3. The number of ether oxygens (including phenoxy) is 2. The molecular weight excluding hydrogens is 496 g/mol. The van der Waals surface area contributed by atoms with Crippen LogP contribution in [0.2, 0.25) is 0 Å². The second kappa shape index (κ2) is 15.6. The molecule has 0 radical (unpaired) electrons. The molecular formula is C35H40N2O3. The molecule has 2 aromatic carbocycles. The maximum atomic E-state index is 12.7. The van der Waals surface area contributed by atoms with E-state index in [2.05, 4.69) is 72.3 Å². The van der Waals surface area contributed by atoms with E-state index < -0.39 is 6.16 Å². The number of hydrogen-bond acceptors (Lipinski definition) is 5. The number of carbonyl (C=O) groups is 1. The molecule has 5 heteroatoms. The standard InChI is InChI=1S/C35H40N2O3/c1-3-27-17-21-29(22-18-27)11-5-7-13-31-15-9-25-36-33(31)39-35(38)40-34-32(16-10-26-37-34)14-8-6-12-30-23-19-28(4-2)20-24-30/h9-10,15-26H,3-8,11-14H2,1-2H3. The monoisotopic (exact) mass is 536 g/mol. The topological polar surface area (TPSA) is 61.3 Å². The summed E-state index contributed by atoms with van der Waals surface area (Å²) in [6.45, 7) is 4.34. The highest BCUT2D eigenvalue weighted by atomic mass is 16.7. The molecule has 0 amide bonds. The van der Waals surface area contributed by atoms with Gasteiger partial charge in [0.15, 0.2) is 0 Å². The van der Waals surface area contributed by atoms with Gasteiger partial charge in [0.2, 0.25) is 11.8 Å². The Morgan fingerprint density at radius 3 is 1.32 bits per heavy atom. The number of aryl methyl sites for hydroxylation is 6. The van der Waals surface area contributed by atoms with Crippen molar-refractivity contribution in [3.05, 3.63) is 119 Å². The quantitative estimate of drug-likeness (QED) is 0.120. The van der Waals surface area contributed by atoms with E-state index in [1.165, 1.54) is 22.3 Å². The summed E-state index contributed by atoms with van der Waals surface area (Å²) in [5.41, 5.74) is 7.21. The molecule has 0 fully saturated rings. The highest BCUT2D eigenvalue weighted by molar-refractivity contribution is 5.66. The van der Waals surface area contributed by atoms with Gasteiger partial charge in [-0.3, -0.25) is 0 Å². The van der Waals surface area contributed by atoms with Crippen LogP contribution < -0.4 is 9.47 Å². The average molecular weight is 537 g/mol. The molecule has 0 atom stereocenters. The molecule has 208 valence electrons. The normalized spacial score (nSPS) is 10.8. The van der Waals surface area contributed by atoms with Gasteiger partial charge in [-0.05, 0) is 98.6 Å². The van der Waals surface area contributed by atoms with E-state index in [0.29, 0.717) is 11.8 Å². The van der Waals surface area contributed by atoms with Crippen LogP contribution in [-0.4, -0.2) is 16.1 Å². The molecule has 4 rings (SSSR count). The summed E-state index contributed by atoms with van der Waals surface area (Å²) >= 11 is 0. The minimum Gasteiger partial charge on any atom is -0.375 e. The lowest BCUT2D eigenvalue weighted by molar-refractivity contribution is 0.147. The molecule has 0 spiro atoms. The lowest BCUT2D eigenvalue weighted by atomic mass is 10.0. The van der Waals surface area contributed by atoms with Crippen molar-refractivity contribution in [2.75, 3.05) is 0 Å². The molecule has 0 bridgehead atoms. The fourth-order valence-electron chi connectivity index (χ4n) is 4.76. The third kappa shape index (κ3) is 9.04. The fourth-order valence-corrected chi connectivity index (χ4v) is 4.76. The van der Waals surface area contributed by atoms with Crippen molar-refractivity contribution < 1.29 is 14.3 Å². The first-order chi connectivity index (χ1) is 19.6. The van der Waals surface area contributed by atoms with Crippen LogP contribution in [0, 0.1) is 0 Å². The Hall–Kier alpha value is -3.99. The Morgan fingerprint density at radius 2 is 0.925 bits per heavy atom. The first kappa shape index (κ1) is 29.0. The number of nitrogens with zero attached hydrogens (tertiary/aromatic N) is 2. The summed E-state index contributed by atoms with van der Waals surface area (Å²) in [5, 5.41) is 0. The molecule has 0 N–H and O–H groups in total. The first-order valence-corrected chi connectivity index (χ1v) is 14.6. The zero-order chi connectivity index (χ0) is 28.0. The van der Waals surface area contributed by atoms with E-state index in [0.717, 1.165) is 75.3 Å². The van der Waals surface area contributed by atoms with Crippen molar-refractivity contribution in [3.63, 3.8) is 0 Å². The van der Waals surface area contributed by atoms with E-state index in [-0.39, 0.29) is 0 Å². The summed E-state index contributed by atoms with van der Waals surface area (Å²) in [6.07, 6.45) is 12.2. The van der Waals surface area contributed by atoms with E-state index >= 15 is 0 Å². The molecule has 0 aliphatic carbocycles. The Bertz CT molecular complexity index is 1230. The van der Waals surface area contributed by atoms with Crippen LogP contribution in [0.15, 0.2) is 85.2 Å². The lowest BCUT2D eigenvalue weighted by Crippen LogP contribution is -2.17. The number of hydrogen-bond donors (Lipinski definition) is 0. The van der Waals surface area contributed by atoms with Gasteiger partial charge in [-0.2, -0.15) is 0 Å². The predicted molar refractivity (Wildman–Crippen MR) is 160 cm³/mol. The average Bonchev–Trinajstić information content (AvgIpc) is 2.99. The zero-order valence-electron chi connectivity index (χ0n) is 23.8. The third-order valence-electron chi connectivity index (χ3n) is 7.25. The highest BCUT2D eigenvalue weighted by Gasteiger charge is 2.15. The molecule has 40 heavy (non-hydrogen) atoms. The van der Waals surface area contributed by atoms with Crippen LogP contribution in [-0.2, 0) is 38.5 Å². The molecule has 5 nitrogen and oxygen atoms in total. The van der Waals surface area contributed by atoms with Gasteiger partial charge in [0.05, 0.1) is 0 Å². The van der Waals surface area contributed by atoms with Crippen LogP contribution in [0.3, 0.4) is 0 Å². The van der Waals surface area contributed by atoms with Crippen molar-refractivity contribution in [1.82, 2.24) is 9.97 Å². The molecule has 2 aromatic heterocycles. The second-order valence-corrected chi connectivity index (χ2v) is 10.1. The van der Waals surface area contributed by atoms with Crippen LogP contribution in [0.4, 0.5) is 4.79 Å². The summed E-state index contributed by atoms with van der Waals surface area (Å²) < 4.78 is 11.1. The smallest absolute Gasteiger partial charge is 0.375 e. The molecule has 4 aromatic rings. The number of benzene rings is 2. The zero-order valence-corrected chi connectivity index (χ0v) is 23.8. The fraction of sp³-hybridized carbons (Fsp3) is 0.343. The molecule has 0 unspecified atom stereocenters. The first-order valence-electron chi connectivity index (χ1n) is 14.6. The maximum absolute atomic E-state index is 12.7. The Balaban J connectivity index is 1.24. The van der Waals surface area contributed by atoms with Gasteiger partial charge in [-0.15, -0.1) is 0 Å². The van der Waals surface area contributed by atoms with E-state index in [1.54, 1.807) is 12.4 Å². The van der Waals surface area contributed by atoms with Crippen molar-refractivity contribution in [2.45, 2.75) is 78.1 Å². The van der Waals surface area contributed by atoms with Crippen molar-refractivity contribution >= 4 is 6.16 Å². The van der Waals surface area contributed by atoms with E-state index in [1.807, 2.05) is 24.3 Å². The van der Waals surface area contributed by atoms with E-state index in [9.17, 15) is 4.79 Å². The number of unbranched alkanes of at least 4 members (excludes halogenated alkanes) is 2. The second-order valence-electron chi connectivity index (χ2n) is 10.1. The van der Waals surface area contributed by atoms with Gasteiger partial charge in [0.25, 0.3) is 0 Å². The van der Waals surface area contributed by atoms with Crippen LogP contribution in [0.5, 0.6) is 11.8 Å². The summed E-state index contributed by atoms with van der Waals surface area (Å²) in [7, 11) is 0. The van der Waals surface area contributed by atoms with Crippen molar-refractivity contribution in [1.29, 1.82) is 0 Å². The minimum absolute atomic E-state index is 0.298. The SMILES string of the molecule is CCc1ccc(CCCCc2cccnc2OC(=O)Oc2ncccc2CCCCc2ccc(CC)cc2)cc1. The highest BCUT2D eigenvalue weighted by Crippen LogP contribution is 2.22. The summed E-state index contributed by atoms with van der Waals surface area (Å²) in [6, 6.07) is 25.3. The number of pyridine rings is 2. The third-order valence-corrected chi connectivity index (χ3v) is 7.25. The predicted octanol–water partition coefficient (Wildman–Crippen LogP) is 8.31. The lowest BCUT2D eigenvalue weighted by Gasteiger charge is -2.11. The molecule has 2 heterocycles. The van der Waals surface area contributed by atoms with Gasteiger partial charge in [0.1, 0.15) is 0 Å². The van der Waals surface area contributed by atoms with Crippen LogP contribution in [0.1, 0.15) is 72.9 Å². The van der Waals surface area contributed by atoms with Gasteiger partial charge in [0, 0.05) is 23.5 Å². The largest absolute Gasteiger partial charge is 0.522 e. The van der Waals surface area contributed by atoms with Gasteiger partial charge < -0.3 is 9.47 Å². The Labute approximate surface area is 238 Å². The van der Waals surface area contributed by atoms with Crippen molar-refractivity contribution in [3.8, 4) is 11.8 Å². The number of rotatable bonds is 14. The summed E-state index contributed by atoms with van der Waals surface area (Å²) in [5.74, 6) is 0.595. The van der Waals surface area contributed by atoms with E-state index in [4.69, 9.17) is 9.47 Å². The Kier molecular flexibility index (Phi) is 11.3. The number of aromatic nitrogens is 2. The maximum Gasteiger partial charge on any atom is 0.522 e. The van der Waals surface area contributed by atoms with Gasteiger partial charge in [-0.1, -0.05) is 74.5 Å². The van der Waals surface area contributed by atoms with Gasteiger partial charge >= 0.3 is 6.16 Å². The minimum atomic E-state index is -0.813. The molecule has 0 aliphatic rings. The Morgan fingerprint density at radius 1 is 0.550 bits per heavy atom. The van der Waals surface area contributed by atoms with Crippen LogP contribution in [0.25, 0.3) is 0 Å². The van der Waals surface area contributed by atoms with Crippen LogP contribution >= 0.6 is 0 Å². The molecule has 0 saturated heterocycles. The van der Waals surface area contributed by atoms with Crippen molar-refractivity contribution in [2.24, 2.45) is 0 Å².